The second-order valence-corrected chi connectivity index (χ2v) is 2.76. The molecule has 16 heavy (non-hydrogen) atoms. The molecule has 1 aromatic carbocycles. The number of primary amides is 2. The Labute approximate surface area is 93.5 Å². The van der Waals surface area contributed by atoms with Gasteiger partial charge in [-0.3, -0.25) is 0 Å². The van der Waals surface area contributed by atoms with E-state index in [2.05, 4.69) is 49.6 Å². The van der Waals surface area contributed by atoms with Crippen LogP contribution in [-0.2, 0) is 0 Å². The van der Waals surface area contributed by atoms with E-state index in [1.807, 2.05) is 0 Å². The van der Waals surface area contributed by atoms with E-state index in [1.165, 1.54) is 11.1 Å². The molecule has 0 saturated heterocycles. The van der Waals surface area contributed by atoms with E-state index < -0.39 is 12.2 Å². The van der Waals surface area contributed by atoms with Crippen molar-refractivity contribution in [1.82, 2.24) is 0 Å². The first kappa shape index (κ1) is 16.2. The van der Waals surface area contributed by atoms with Gasteiger partial charge in [-0.2, -0.15) is 0 Å². The summed E-state index contributed by atoms with van der Waals surface area (Å²) < 4.78 is 0. The molecule has 0 aliphatic rings. The first-order valence-corrected chi connectivity index (χ1v) is 4.26. The third-order valence-corrected chi connectivity index (χ3v) is 1.43. The minimum atomic E-state index is -1.33. The molecule has 0 spiro atoms. The Morgan fingerprint density at radius 1 is 0.938 bits per heavy atom. The predicted molar refractivity (Wildman–Crippen MR) is 60.3 cm³/mol. The van der Waals surface area contributed by atoms with Crippen molar-refractivity contribution in [3.63, 3.8) is 0 Å². The Morgan fingerprint density at radius 3 is 1.25 bits per heavy atom. The second kappa shape index (κ2) is 9.32. The lowest BCUT2D eigenvalue weighted by Gasteiger charge is -1.93. The van der Waals surface area contributed by atoms with Gasteiger partial charge in [-0.05, 0) is 25.0 Å². The quantitative estimate of drug-likeness (QED) is 0.537. The van der Waals surface area contributed by atoms with E-state index in [4.69, 9.17) is 19.8 Å². The van der Waals surface area contributed by atoms with Crippen LogP contribution in [0.4, 0.5) is 9.59 Å². The lowest BCUT2D eigenvalue weighted by molar-refractivity contribution is 0.204. The van der Waals surface area contributed by atoms with E-state index in [-0.39, 0.29) is 0 Å². The standard InChI is InChI=1S/C8H10.2CH3NO2/c1-7-5-3-4-6-8(7)2;2*2-1(3)4/h3-6H,1-2H3;2*2H2,(H,3,4). The van der Waals surface area contributed by atoms with Crippen LogP contribution < -0.4 is 11.5 Å². The highest BCUT2D eigenvalue weighted by Gasteiger charge is 1.83. The molecule has 6 heteroatoms. The molecule has 0 aliphatic heterocycles. The van der Waals surface area contributed by atoms with Crippen LogP contribution in [-0.4, -0.2) is 22.4 Å². The van der Waals surface area contributed by atoms with Gasteiger partial charge in [0.05, 0.1) is 0 Å². The number of hydrogen-bond acceptors (Lipinski definition) is 2. The maximum absolute atomic E-state index is 8.78. The summed E-state index contributed by atoms with van der Waals surface area (Å²) in [6.45, 7) is 4.24. The number of carbonyl (C=O) groups is 2. The normalized spacial score (nSPS) is 7.62. The number of nitrogens with two attached hydrogens (primary N) is 2. The average molecular weight is 228 g/mol. The molecular weight excluding hydrogens is 212 g/mol. The molecule has 0 aromatic heterocycles. The lowest BCUT2D eigenvalue weighted by atomic mass is 10.1. The summed E-state index contributed by atoms with van der Waals surface area (Å²) in [7, 11) is 0. The SMILES string of the molecule is Cc1ccccc1C.NC(=O)O.NC(=O)O. The van der Waals surface area contributed by atoms with Gasteiger partial charge in [0.1, 0.15) is 0 Å². The molecule has 90 valence electrons. The van der Waals surface area contributed by atoms with Crippen molar-refractivity contribution in [3.8, 4) is 0 Å². The average Bonchev–Trinajstić information content (AvgIpc) is 2.08. The highest BCUT2D eigenvalue weighted by Crippen LogP contribution is 2.02. The van der Waals surface area contributed by atoms with Gasteiger partial charge in [0.25, 0.3) is 0 Å². The Hall–Kier alpha value is -2.24. The molecule has 6 N–H and O–H groups in total. The van der Waals surface area contributed by atoms with Gasteiger partial charge in [0, 0.05) is 0 Å². The third-order valence-electron chi connectivity index (χ3n) is 1.43. The molecule has 0 atom stereocenters. The monoisotopic (exact) mass is 228 g/mol. The fourth-order valence-electron chi connectivity index (χ4n) is 0.663. The Balaban J connectivity index is 0. The van der Waals surface area contributed by atoms with E-state index in [0.29, 0.717) is 0 Å². The molecule has 0 aliphatic carbocycles. The summed E-state index contributed by atoms with van der Waals surface area (Å²) in [6, 6.07) is 8.36. The van der Waals surface area contributed by atoms with Crippen molar-refractivity contribution in [2.24, 2.45) is 11.5 Å². The van der Waals surface area contributed by atoms with Gasteiger partial charge in [-0.15, -0.1) is 0 Å². The molecule has 1 rings (SSSR count). The number of rotatable bonds is 0. The fourth-order valence-corrected chi connectivity index (χ4v) is 0.663. The zero-order valence-electron chi connectivity index (χ0n) is 9.18. The summed E-state index contributed by atoms with van der Waals surface area (Å²) in [5, 5.41) is 14.4. The van der Waals surface area contributed by atoms with E-state index in [1.54, 1.807) is 0 Å². The number of benzene rings is 1. The van der Waals surface area contributed by atoms with E-state index in [9.17, 15) is 0 Å². The van der Waals surface area contributed by atoms with Crippen LogP contribution >= 0.6 is 0 Å². The summed E-state index contributed by atoms with van der Waals surface area (Å²) in [5.74, 6) is 0. The van der Waals surface area contributed by atoms with Crippen molar-refractivity contribution < 1.29 is 19.8 Å². The Kier molecular flexibility index (Phi) is 9.44. The molecular formula is C10H16N2O4. The minimum Gasteiger partial charge on any atom is -0.465 e. The highest BCUT2D eigenvalue weighted by molar-refractivity contribution is 5.61. The predicted octanol–water partition coefficient (Wildman–Crippen LogP) is 1.55. The van der Waals surface area contributed by atoms with Gasteiger partial charge in [0.2, 0.25) is 0 Å². The summed E-state index contributed by atoms with van der Waals surface area (Å²) in [6.07, 6.45) is -2.67. The van der Waals surface area contributed by atoms with Gasteiger partial charge in [0.15, 0.2) is 0 Å². The van der Waals surface area contributed by atoms with Crippen LogP contribution in [0.2, 0.25) is 0 Å². The molecule has 0 bridgehead atoms. The lowest BCUT2D eigenvalue weighted by Crippen LogP contribution is -2.03. The van der Waals surface area contributed by atoms with Crippen LogP contribution in [0, 0.1) is 13.8 Å². The maximum atomic E-state index is 8.78. The molecule has 0 saturated carbocycles. The molecule has 0 radical (unpaired) electrons. The van der Waals surface area contributed by atoms with Crippen molar-refractivity contribution in [2.75, 3.05) is 0 Å². The fraction of sp³-hybridized carbons (Fsp3) is 0.200. The van der Waals surface area contributed by atoms with Crippen LogP contribution in [0.1, 0.15) is 11.1 Å². The van der Waals surface area contributed by atoms with Gasteiger partial charge < -0.3 is 21.7 Å². The van der Waals surface area contributed by atoms with Crippen LogP contribution in [0.25, 0.3) is 0 Å². The first-order chi connectivity index (χ1) is 7.27. The largest absolute Gasteiger partial charge is 0.465 e. The van der Waals surface area contributed by atoms with Crippen LogP contribution in [0.5, 0.6) is 0 Å². The van der Waals surface area contributed by atoms with Gasteiger partial charge >= 0.3 is 12.2 Å². The number of aryl methyl sites for hydroxylation is 2. The smallest absolute Gasteiger partial charge is 0.402 e. The summed E-state index contributed by atoms with van der Waals surface area (Å²) in [4.78, 5) is 17.6. The zero-order valence-corrected chi connectivity index (χ0v) is 9.18. The molecule has 1 aromatic rings. The van der Waals surface area contributed by atoms with Gasteiger partial charge in [-0.1, -0.05) is 24.3 Å². The highest BCUT2D eigenvalue weighted by atomic mass is 16.4. The minimum absolute atomic E-state index is 1.33. The first-order valence-electron chi connectivity index (χ1n) is 4.26. The van der Waals surface area contributed by atoms with E-state index in [0.717, 1.165) is 0 Å². The third kappa shape index (κ3) is 17.7. The van der Waals surface area contributed by atoms with Crippen LogP contribution in [0.3, 0.4) is 0 Å². The number of amides is 2. The zero-order chi connectivity index (χ0) is 13.1. The van der Waals surface area contributed by atoms with Crippen molar-refractivity contribution >= 4 is 12.2 Å². The molecule has 2 amide bonds. The van der Waals surface area contributed by atoms with Crippen LogP contribution in [0.15, 0.2) is 24.3 Å². The number of carboxylic acid groups (broad SMARTS) is 2. The Bertz CT molecular complexity index is 298. The second-order valence-electron chi connectivity index (χ2n) is 2.76. The molecule has 0 heterocycles. The summed E-state index contributed by atoms with van der Waals surface area (Å²) >= 11 is 0. The maximum Gasteiger partial charge on any atom is 0.402 e. The molecule has 6 nitrogen and oxygen atoms in total. The van der Waals surface area contributed by atoms with Gasteiger partial charge in [-0.25, -0.2) is 9.59 Å². The molecule has 0 fully saturated rings. The topological polar surface area (TPSA) is 127 Å². The number of hydrogen-bond donors (Lipinski definition) is 4. The summed E-state index contributed by atoms with van der Waals surface area (Å²) in [5.41, 5.74) is 10.8. The van der Waals surface area contributed by atoms with Crippen molar-refractivity contribution in [2.45, 2.75) is 13.8 Å². The van der Waals surface area contributed by atoms with E-state index >= 15 is 0 Å². The van der Waals surface area contributed by atoms with Crippen molar-refractivity contribution in [3.05, 3.63) is 35.4 Å². The molecule has 0 unspecified atom stereocenters. The van der Waals surface area contributed by atoms with Crippen molar-refractivity contribution in [1.29, 1.82) is 0 Å². The Morgan fingerprint density at radius 2 is 1.12 bits per heavy atom.